The van der Waals surface area contributed by atoms with Gasteiger partial charge in [-0.2, -0.15) is 4.31 Å². The number of piperazine rings is 1. The Morgan fingerprint density at radius 1 is 0.906 bits per heavy atom. The molecule has 0 unspecified atom stereocenters. The van der Waals surface area contributed by atoms with Crippen LogP contribution >= 0.6 is 0 Å². The first-order chi connectivity index (χ1) is 15.4. The molecule has 0 radical (unpaired) electrons. The van der Waals surface area contributed by atoms with E-state index in [1.807, 2.05) is 30.3 Å². The summed E-state index contributed by atoms with van der Waals surface area (Å²) >= 11 is 0. The first kappa shape index (κ1) is 23.7. The number of hydrogen-bond donors (Lipinski definition) is 0. The minimum atomic E-state index is -4.03. The largest absolute Gasteiger partial charge is 0.492 e. The average molecular weight is 463 g/mol. The van der Waals surface area contributed by atoms with Crippen LogP contribution in [0.25, 0.3) is 0 Å². The van der Waals surface area contributed by atoms with Gasteiger partial charge in [-0.25, -0.2) is 18.0 Å². The van der Waals surface area contributed by atoms with Gasteiger partial charge >= 0.3 is 11.9 Å². The van der Waals surface area contributed by atoms with Crippen molar-refractivity contribution in [2.24, 2.45) is 0 Å². The smallest absolute Gasteiger partial charge is 0.339 e. The first-order valence-corrected chi connectivity index (χ1v) is 11.5. The normalized spacial score (nSPS) is 15.2. The number of sulfonamides is 1. The lowest BCUT2D eigenvalue weighted by Crippen LogP contribution is -2.49. The molecule has 1 aliphatic rings. The monoisotopic (exact) mass is 462 g/mol. The molecule has 1 heterocycles. The van der Waals surface area contributed by atoms with E-state index in [-0.39, 0.29) is 29.1 Å². The van der Waals surface area contributed by atoms with Gasteiger partial charge in [-0.1, -0.05) is 18.2 Å². The van der Waals surface area contributed by atoms with Crippen molar-refractivity contribution in [3.05, 3.63) is 59.7 Å². The molecule has 1 saturated heterocycles. The topological polar surface area (TPSA) is 102 Å². The van der Waals surface area contributed by atoms with Gasteiger partial charge in [0, 0.05) is 32.7 Å². The molecular weight excluding hydrogens is 436 g/mol. The molecule has 0 atom stereocenters. The van der Waals surface area contributed by atoms with Crippen LogP contribution in [0.4, 0.5) is 0 Å². The fraction of sp³-hybridized carbons (Fsp3) is 0.364. The zero-order valence-electron chi connectivity index (χ0n) is 18.0. The van der Waals surface area contributed by atoms with E-state index in [0.29, 0.717) is 26.2 Å². The highest BCUT2D eigenvalue weighted by atomic mass is 32.2. The quantitative estimate of drug-likeness (QED) is 0.546. The highest BCUT2D eigenvalue weighted by Crippen LogP contribution is 2.24. The molecule has 0 N–H and O–H groups in total. The lowest BCUT2D eigenvalue weighted by atomic mass is 10.1. The maximum atomic E-state index is 13.3. The molecule has 172 valence electrons. The second-order valence-electron chi connectivity index (χ2n) is 7.10. The summed E-state index contributed by atoms with van der Waals surface area (Å²) in [5, 5.41) is 0. The summed E-state index contributed by atoms with van der Waals surface area (Å²) in [6, 6.07) is 13.2. The van der Waals surface area contributed by atoms with Crippen molar-refractivity contribution in [2.45, 2.75) is 4.90 Å². The van der Waals surface area contributed by atoms with Gasteiger partial charge in [0.2, 0.25) is 10.0 Å². The van der Waals surface area contributed by atoms with E-state index in [1.54, 1.807) is 0 Å². The molecule has 1 aliphatic heterocycles. The van der Waals surface area contributed by atoms with Crippen LogP contribution in [0.5, 0.6) is 5.75 Å². The molecule has 0 aliphatic carbocycles. The lowest BCUT2D eigenvalue weighted by molar-refractivity contribution is 0.0583. The van der Waals surface area contributed by atoms with Crippen molar-refractivity contribution in [3.63, 3.8) is 0 Å². The number of carbonyl (C=O) groups excluding carboxylic acids is 2. The molecule has 0 bridgehead atoms. The van der Waals surface area contributed by atoms with E-state index >= 15 is 0 Å². The number of benzene rings is 2. The van der Waals surface area contributed by atoms with Crippen molar-refractivity contribution in [3.8, 4) is 5.75 Å². The highest BCUT2D eigenvalue weighted by molar-refractivity contribution is 7.89. The van der Waals surface area contributed by atoms with E-state index in [9.17, 15) is 18.0 Å². The van der Waals surface area contributed by atoms with Gasteiger partial charge in [0.1, 0.15) is 12.4 Å². The average Bonchev–Trinajstić information content (AvgIpc) is 2.83. The van der Waals surface area contributed by atoms with Crippen LogP contribution in [0, 0.1) is 0 Å². The second-order valence-corrected chi connectivity index (χ2v) is 9.01. The Morgan fingerprint density at radius 3 is 2.19 bits per heavy atom. The van der Waals surface area contributed by atoms with Gasteiger partial charge in [0.15, 0.2) is 0 Å². The fourth-order valence-electron chi connectivity index (χ4n) is 3.40. The third kappa shape index (κ3) is 5.45. The van der Waals surface area contributed by atoms with Gasteiger partial charge in [-0.3, -0.25) is 4.90 Å². The van der Waals surface area contributed by atoms with E-state index in [0.717, 1.165) is 11.8 Å². The molecule has 0 amide bonds. The summed E-state index contributed by atoms with van der Waals surface area (Å²) in [5.41, 5.74) is -0.0886. The molecule has 0 spiro atoms. The molecule has 0 saturated carbocycles. The standard InChI is InChI=1S/C22H26N2O7S/c1-29-21(25)17-8-9-19(22(26)30-2)20(16-17)32(27,28)24-12-10-23(11-13-24)14-15-31-18-6-4-3-5-7-18/h3-9,16H,10-15H2,1-2H3. The number of ether oxygens (including phenoxy) is 3. The van der Waals surface area contributed by atoms with Gasteiger partial charge < -0.3 is 14.2 Å². The predicted molar refractivity (Wildman–Crippen MR) is 116 cm³/mol. The summed E-state index contributed by atoms with van der Waals surface area (Å²) in [5.74, 6) is -0.702. The number of hydrogen-bond acceptors (Lipinski definition) is 8. The van der Waals surface area contributed by atoms with E-state index in [2.05, 4.69) is 9.64 Å². The van der Waals surface area contributed by atoms with E-state index < -0.39 is 22.0 Å². The Kier molecular flexibility index (Phi) is 7.84. The fourth-order valence-corrected chi connectivity index (χ4v) is 5.03. The van der Waals surface area contributed by atoms with Gasteiger partial charge in [0.25, 0.3) is 0 Å². The third-order valence-electron chi connectivity index (χ3n) is 5.18. The maximum Gasteiger partial charge on any atom is 0.339 e. The van der Waals surface area contributed by atoms with E-state index in [1.165, 1.54) is 30.7 Å². The Bertz CT molecular complexity index is 1050. The molecule has 9 nitrogen and oxygen atoms in total. The number of nitrogens with zero attached hydrogens (tertiary/aromatic N) is 2. The minimum absolute atomic E-state index is 0.0374. The van der Waals surface area contributed by atoms with Gasteiger partial charge in [0.05, 0.1) is 30.2 Å². The number of para-hydroxylation sites is 1. The molecular formula is C22H26N2O7S. The van der Waals surface area contributed by atoms with Crippen molar-refractivity contribution in [2.75, 3.05) is 53.6 Å². The Morgan fingerprint density at radius 2 is 1.56 bits per heavy atom. The van der Waals surface area contributed by atoms with Crippen LogP contribution in [-0.4, -0.2) is 83.1 Å². The number of carbonyl (C=O) groups is 2. The summed E-state index contributed by atoms with van der Waals surface area (Å²) < 4.78 is 43.1. The van der Waals surface area contributed by atoms with Gasteiger partial charge in [-0.15, -0.1) is 0 Å². The van der Waals surface area contributed by atoms with Crippen LogP contribution in [0.2, 0.25) is 0 Å². The lowest BCUT2D eigenvalue weighted by Gasteiger charge is -2.34. The number of esters is 2. The molecule has 32 heavy (non-hydrogen) atoms. The molecule has 0 aromatic heterocycles. The summed E-state index contributed by atoms with van der Waals surface area (Å²) in [4.78, 5) is 25.9. The zero-order chi connectivity index (χ0) is 23.1. The first-order valence-electron chi connectivity index (χ1n) is 10.1. The second kappa shape index (κ2) is 10.6. The summed E-state index contributed by atoms with van der Waals surface area (Å²) in [6.45, 7) is 2.68. The van der Waals surface area contributed by atoms with Crippen molar-refractivity contribution >= 4 is 22.0 Å². The van der Waals surface area contributed by atoms with Crippen molar-refractivity contribution in [1.29, 1.82) is 0 Å². The Balaban J connectivity index is 1.69. The molecule has 1 fully saturated rings. The van der Waals surface area contributed by atoms with Crippen molar-refractivity contribution in [1.82, 2.24) is 9.21 Å². The Labute approximate surface area is 187 Å². The third-order valence-corrected chi connectivity index (χ3v) is 7.12. The highest BCUT2D eigenvalue weighted by Gasteiger charge is 2.33. The van der Waals surface area contributed by atoms with Crippen LogP contribution in [0.1, 0.15) is 20.7 Å². The molecule has 2 aromatic carbocycles. The van der Waals surface area contributed by atoms with Crippen LogP contribution in [0.3, 0.4) is 0 Å². The van der Waals surface area contributed by atoms with Crippen molar-refractivity contribution < 1.29 is 32.2 Å². The number of methoxy groups -OCH3 is 2. The van der Waals surface area contributed by atoms with Gasteiger partial charge in [-0.05, 0) is 30.3 Å². The van der Waals surface area contributed by atoms with Crippen LogP contribution in [-0.2, 0) is 19.5 Å². The van der Waals surface area contributed by atoms with E-state index in [4.69, 9.17) is 9.47 Å². The van der Waals surface area contributed by atoms with Crippen LogP contribution < -0.4 is 4.74 Å². The molecule has 3 rings (SSSR count). The number of rotatable bonds is 8. The SMILES string of the molecule is COC(=O)c1ccc(C(=O)OC)c(S(=O)(=O)N2CCN(CCOc3ccccc3)CC2)c1. The zero-order valence-corrected chi connectivity index (χ0v) is 18.8. The maximum absolute atomic E-state index is 13.3. The minimum Gasteiger partial charge on any atom is -0.492 e. The summed E-state index contributed by atoms with van der Waals surface area (Å²) in [7, 11) is -1.66. The molecule has 2 aromatic rings. The Hall–Kier alpha value is -2.95. The van der Waals surface area contributed by atoms with Crippen LogP contribution in [0.15, 0.2) is 53.4 Å². The predicted octanol–water partition coefficient (Wildman–Crippen LogP) is 1.65. The summed E-state index contributed by atoms with van der Waals surface area (Å²) in [6.07, 6.45) is 0. The molecule has 10 heteroatoms.